The van der Waals surface area contributed by atoms with E-state index in [2.05, 4.69) is 16.8 Å². The van der Waals surface area contributed by atoms with Crippen LogP contribution in [0.5, 0.6) is 0 Å². The highest BCUT2D eigenvalue weighted by Crippen LogP contribution is 2.17. The molecule has 1 aromatic heterocycles. The van der Waals surface area contributed by atoms with Crippen molar-refractivity contribution in [1.82, 2.24) is 15.1 Å². The lowest BCUT2D eigenvalue weighted by Crippen LogP contribution is -2.35. The van der Waals surface area contributed by atoms with Gasteiger partial charge in [0.25, 0.3) is 5.91 Å². The molecule has 1 aromatic rings. The Kier molecular flexibility index (Phi) is 2.07. The molecule has 1 amide bonds. The summed E-state index contributed by atoms with van der Waals surface area (Å²) in [4.78, 5) is 12.7. The summed E-state index contributed by atoms with van der Waals surface area (Å²) in [6.45, 7) is 3.90. The first-order valence-electron chi connectivity index (χ1n) is 4.33. The zero-order valence-corrected chi connectivity index (χ0v) is 7.59. The number of carbonyl (C=O) groups is 1. The van der Waals surface area contributed by atoms with Crippen LogP contribution in [0.15, 0.2) is 18.6 Å². The van der Waals surface area contributed by atoms with Crippen molar-refractivity contribution in [3.8, 4) is 0 Å². The van der Waals surface area contributed by atoms with Gasteiger partial charge >= 0.3 is 0 Å². The number of hydrogen-bond acceptors (Lipinski definition) is 2. The molecule has 1 aliphatic heterocycles. The SMILES string of the molecule is C=C(F)C(=O)N1CCc2cn[nH]c2C1. The molecule has 0 fully saturated rings. The number of nitrogens with one attached hydrogen (secondary N) is 1. The minimum Gasteiger partial charge on any atom is -0.330 e. The van der Waals surface area contributed by atoms with Gasteiger partial charge in [0.2, 0.25) is 0 Å². The number of fused-ring (bicyclic) bond motifs is 1. The lowest BCUT2D eigenvalue weighted by molar-refractivity contribution is -0.129. The molecule has 0 saturated carbocycles. The predicted molar refractivity (Wildman–Crippen MR) is 48.0 cm³/mol. The van der Waals surface area contributed by atoms with E-state index in [0.717, 1.165) is 11.3 Å². The summed E-state index contributed by atoms with van der Waals surface area (Å²) in [7, 11) is 0. The first-order valence-corrected chi connectivity index (χ1v) is 4.33. The number of rotatable bonds is 1. The quantitative estimate of drug-likeness (QED) is 0.673. The molecular formula is C9H10FN3O. The van der Waals surface area contributed by atoms with Crippen molar-refractivity contribution in [2.75, 3.05) is 6.54 Å². The van der Waals surface area contributed by atoms with Crippen LogP contribution >= 0.6 is 0 Å². The van der Waals surface area contributed by atoms with Crippen molar-refractivity contribution in [3.63, 3.8) is 0 Å². The van der Waals surface area contributed by atoms with Gasteiger partial charge in [0.05, 0.1) is 18.4 Å². The van der Waals surface area contributed by atoms with Crippen molar-refractivity contribution in [2.45, 2.75) is 13.0 Å². The Morgan fingerprint density at radius 1 is 1.71 bits per heavy atom. The summed E-state index contributed by atoms with van der Waals surface area (Å²) in [5, 5.41) is 6.65. The number of nitrogens with zero attached hydrogens (tertiary/aromatic N) is 2. The molecule has 0 unspecified atom stereocenters. The number of halogens is 1. The van der Waals surface area contributed by atoms with Gasteiger partial charge < -0.3 is 4.90 Å². The van der Waals surface area contributed by atoms with Crippen LogP contribution in [-0.2, 0) is 17.8 Å². The fourth-order valence-corrected chi connectivity index (χ4v) is 1.56. The third-order valence-corrected chi connectivity index (χ3v) is 2.33. The largest absolute Gasteiger partial charge is 0.330 e. The van der Waals surface area contributed by atoms with Crippen LogP contribution in [-0.4, -0.2) is 27.5 Å². The minimum absolute atomic E-state index is 0.386. The van der Waals surface area contributed by atoms with E-state index in [4.69, 9.17) is 0 Å². The summed E-state index contributed by atoms with van der Waals surface area (Å²) in [5.41, 5.74) is 1.98. The predicted octanol–water partition coefficient (Wildman–Crippen LogP) is 0.778. The Morgan fingerprint density at radius 3 is 3.21 bits per heavy atom. The molecule has 14 heavy (non-hydrogen) atoms. The highest BCUT2D eigenvalue weighted by Gasteiger charge is 2.23. The zero-order chi connectivity index (χ0) is 10.1. The average molecular weight is 195 g/mol. The second kappa shape index (κ2) is 3.25. The van der Waals surface area contributed by atoms with Crippen LogP contribution in [0.2, 0.25) is 0 Å². The fraction of sp³-hybridized carbons (Fsp3) is 0.333. The highest BCUT2D eigenvalue weighted by atomic mass is 19.1. The maximum absolute atomic E-state index is 12.6. The first kappa shape index (κ1) is 8.93. The van der Waals surface area contributed by atoms with Crippen LogP contribution in [0.25, 0.3) is 0 Å². The van der Waals surface area contributed by atoms with Crippen molar-refractivity contribution >= 4 is 5.91 Å². The Morgan fingerprint density at radius 2 is 2.50 bits per heavy atom. The van der Waals surface area contributed by atoms with Crippen molar-refractivity contribution in [1.29, 1.82) is 0 Å². The summed E-state index contributed by atoms with van der Waals surface area (Å²) in [6.07, 6.45) is 2.45. The molecule has 0 aliphatic carbocycles. The van der Waals surface area contributed by atoms with Gasteiger partial charge in [-0.1, -0.05) is 6.58 Å². The molecule has 0 radical (unpaired) electrons. The summed E-state index contributed by atoms with van der Waals surface area (Å²) < 4.78 is 12.6. The Hall–Kier alpha value is -1.65. The van der Waals surface area contributed by atoms with Gasteiger partial charge in [-0.05, 0) is 12.0 Å². The Labute approximate surface area is 80.4 Å². The topological polar surface area (TPSA) is 49.0 Å². The molecule has 0 spiro atoms. The van der Waals surface area contributed by atoms with Crippen molar-refractivity contribution < 1.29 is 9.18 Å². The maximum Gasteiger partial charge on any atom is 0.282 e. The molecule has 2 rings (SSSR count). The van der Waals surface area contributed by atoms with Crippen LogP contribution < -0.4 is 0 Å². The zero-order valence-electron chi connectivity index (χ0n) is 7.59. The van der Waals surface area contributed by atoms with E-state index in [1.54, 1.807) is 6.20 Å². The van der Waals surface area contributed by atoms with Gasteiger partial charge in [0.1, 0.15) is 0 Å². The smallest absolute Gasteiger partial charge is 0.282 e. The van der Waals surface area contributed by atoms with Gasteiger partial charge in [-0.15, -0.1) is 0 Å². The van der Waals surface area contributed by atoms with E-state index in [-0.39, 0.29) is 0 Å². The second-order valence-corrected chi connectivity index (χ2v) is 3.26. The van der Waals surface area contributed by atoms with E-state index in [1.807, 2.05) is 0 Å². The van der Waals surface area contributed by atoms with Gasteiger partial charge in [-0.3, -0.25) is 9.89 Å². The summed E-state index contributed by atoms with van der Waals surface area (Å²) >= 11 is 0. The highest BCUT2D eigenvalue weighted by molar-refractivity contribution is 5.90. The molecule has 2 heterocycles. The van der Waals surface area contributed by atoms with E-state index < -0.39 is 11.7 Å². The monoisotopic (exact) mass is 195 g/mol. The van der Waals surface area contributed by atoms with Crippen molar-refractivity contribution in [3.05, 3.63) is 29.9 Å². The molecule has 74 valence electrons. The van der Waals surface area contributed by atoms with Crippen LogP contribution in [0, 0.1) is 0 Å². The molecule has 0 saturated heterocycles. The molecule has 0 bridgehead atoms. The lowest BCUT2D eigenvalue weighted by atomic mass is 10.1. The minimum atomic E-state index is -0.909. The number of aromatic nitrogens is 2. The van der Waals surface area contributed by atoms with Crippen LogP contribution in [0.3, 0.4) is 0 Å². The molecular weight excluding hydrogens is 185 g/mol. The lowest BCUT2D eigenvalue weighted by Gasteiger charge is -2.25. The molecule has 0 aromatic carbocycles. The fourth-order valence-electron chi connectivity index (χ4n) is 1.56. The second-order valence-electron chi connectivity index (χ2n) is 3.26. The van der Waals surface area contributed by atoms with Gasteiger partial charge in [0.15, 0.2) is 5.83 Å². The normalized spacial score (nSPS) is 15.1. The van der Waals surface area contributed by atoms with Gasteiger partial charge in [-0.2, -0.15) is 5.10 Å². The number of carbonyl (C=O) groups excluding carboxylic acids is 1. The van der Waals surface area contributed by atoms with E-state index in [9.17, 15) is 9.18 Å². The summed E-state index contributed by atoms with van der Waals surface area (Å²) in [6, 6.07) is 0. The van der Waals surface area contributed by atoms with Gasteiger partial charge in [0, 0.05) is 6.54 Å². The number of H-pyrrole nitrogens is 1. The number of amides is 1. The molecule has 5 heteroatoms. The number of aromatic amines is 1. The Bertz CT molecular complexity index is 385. The molecule has 1 N–H and O–H groups in total. The third-order valence-electron chi connectivity index (χ3n) is 2.33. The molecule has 1 aliphatic rings. The van der Waals surface area contributed by atoms with Crippen LogP contribution in [0.4, 0.5) is 4.39 Å². The molecule has 4 nitrogen and oxygen atoms in total. The first-order chi connectivity index (χ1) is 6.68. The summed E-state index contributed by atoms with van der Waals surface area (Å²) in [5.74, 6) is -1.54. The third kappa shape index (κ3) is 1.41. The van der Waals surface area contributed by atoms with E-state index in [0.29, 0.717) is 19.5 Å². The van der Waals surface area contributed by atoms with E-state index >= 15 is 0 Å². The maximum atomic E-state index is 12.6. The standard InChI is InChI=1S/C9H10FN3O/c1-6(10)9(14)13-3-2-7-4-11-12-8(7)5-13/h4H,1-3,5H2,(H,11,12). The van der Waals surface area contributed by atoms with Gasteiger partial charge in [-0.25, -0.2) is 4.39 Å². The van der Waals surface area contributed by atoms with E-state index in [1.165, 1.54) is 4.90 Å². The average Bonchev–Trinajstić information content (AvgIpc) is 2.62. The Balaban J connectivity index is 2.15. The van der Waals surface area contributed by atoms with Crippen molar-refractivity contribution in [2.24, 2.45) is 0 Å². The van der Waals surface area contributed by atoms with Crippen LogP contribution in [0.1, 0.15) is 11.3 Å². The number of hydrogen-bond donors (Lipinski definition) is 1. The molecule has 0 atom stereocenters.